The summed E-state index contributed by atoms with van der Waals surface area (Å²) >= 11 is 6.09. The quantitative estimate of drug-likeness (QED) is 0.318. The number of halogens is 1. The van der Waals surface area contributed by atoms with Gasteiger partial charge in [0.25, 0.3) is 5.91 Å². The summed E-state index contributed by atoms with van der Waals surface area (Å²) in [7, 11) is 0. The molecule has 8 heteroatoms. The van der Waals surface area contributed by atoms with Crippen molar-refractivity contribution in [1.82, 2.24) is 25.2 Å². The summed E-state index contributed by atoms with van der Waals surface area (Å²) in [4.78, 5) is 27.9. The van der Waals surface area contributed by atoms with E-state index in [9.17, 15) is 4.79 Å². The number of nitrogens with zero attached hydrogens (tertiary/aromatic N) is 4. The molecule has 0 spiro atoms. The zero-order valence-corrected chi connectivity index (χ0v) is 21.6. The zero-order valence-electron chi connectivity index (χ0n) is 20.9. The minimum Gasteiger partial charge on any atom is -0.446 e. The topological polar surface area (TPSA) is 84.2 Å². The van der Waals surface area contributed by atoms with Crippen LogP contribution in [0, 0.1) is 6.92 Å². The zero-order chi connectivity index (χ0) is 25.6. The molecule has 0 fully saturated rings. The molecule has 1 aromatic carbocycles. The summed E-state index contributed by atoms with van der Waals surface area (Å²) in [6.07, 6.45) is 10.9. The molecule has 3 aromatic heterocycles. The van der Waals surface area contributed by atoms with E-state index < -0.39 is 0 Å². The summed E-state index contributed by atoms with van der Waals surface area (Å²) < 4.78 is 5.74. The smallest absolute Gasteiger partial charge is 0.253 e. The average Bonchev–Trinajstić information content (AvgIpc) is 3.35. The van der Waals surface area contributed by atoms with Crippen LogP contribution in [0.1, 0.15) is 63.3 Å². The van der Waals surface area contributed by atoms with Crippen molar-refractivity contribution in [2.45, 2.75) is 51.7 Å². The molecule has 1 unspecified atom stereocenters. The summed E-state index contributed by atoms with van der Waals surface area (Å²) in [6, 6.07) is 14.5. The summed E-state index contributed by atoms with van der Waals surface area (Å²) in [6.45, 7) is 3.94. The Hall–Kier alpha value is -3.55. The lowest BCUT2D eigenvalue weighted by Crippen LogP contribution is -2.33. The Morgan fingerprint density at radius 1 is 1.11 bits per heavy atom. The largest absolute Gasteiger partial charge is 0.446 e. The lowest BCUT2D eigenvalue weighted by atomic mass is 9.90. The lowest BCUT2D eigenvalue weighted by molar-refractivity contribution is 0.0951. The van der Waals surface area contributed by atoms with Gasteiger partial charge in [0.2, 0.25) is 0 Å². The van der Waals surface area contributed by atoms with Crippen LogP contribution in [0.15, 0.2) is 71.7 Å². The molecule has 5 rings (SSSR count). The Balaban J connectivity index is 1.27. The molecule has 1 amide bonds. The van der Waals surface area contributed by atoms with Crippen LogP contribution in [0.3, 0.4) is 0 Å². The van der Waals surface area contributed by atoms with E-state index in [2.05, 4.69) is 50.5 Å². The summed E-state index contributed by atoms with van der Waals surface area (Å²) in [5.41, 5.74) is 5.20. The molecule has 0 radical (unpaired) electrons. The fourth-order valence-corrected chi connectivity index (χ4v) is 5.10. The number of aromatic nitrogens is 3. The van der Waals surface area contributed by atoms with Crippen LogP contribution < -0.4 is 5.32 Å². The third kappa shape index (κ3) is 6.24. The number of aryl methyl sites for hydroxylation is 2. The standard InChI is InChI=1S/C29H30ClN5O2/c1-20-33-17-24(37-20)12-15-35(27-6-2-4-23-5-3-13-32-28(23)27)19-22-9-7-21(8-10-22)16-34-29(36)25-11-14-31-18-26(25)30/h3,5,7-11,13-14,17-18,27H,2,4,6,12,15-16,19H2,1H3,(H,34,36). The molecule has 1 atom stereocenters. The first-order valence-electron chi connectivity index (χ1n) is 12.6. The van der Waals surface area contributed by atoms with Crippen LogP contribution in [0.25, 0.3) is 0 Å². The maximum atomic E-state index is 12.5. The van der Waals surface area contributed by atoms with E-state index >= 15 is 0 Å². The second-order valence-electron chi connectivity index (χ2n) is 9.38. The summed E-state index contributed by atoms with van der Waals surface area (Å²) in [5.74, 6) is 1.38. The molecular weight excluding hydrogens is 486 g/mol. The van der Waals surface area contributed by atoms with Gasteiger partial charge in [0.1, 0.15) is 5.76 Å². The van der Waals surface area contributed by atoms with Crippen molar-refractivity contribution in [3.8, 4) is 0 Å². The molecule has 37 heavy (non-hydrogen) atoms. The number of hydrogen-bond acceptors (Lipinski definition) is 6. The fraction of sp³-hybridized carbons (Fsp3) is 0.310. The predicted molar refractivity (Wildman–Crippen MR) is 142 cm³/mol. The highest BCUT2D eigenvalue weighted by Gasteiger charge is 2.27. The molecule has 0 saturated heterocycles. The molecule has 3 heterocycles. The second kappa shape index (κ2) is 11.7. The molecule has 7 nitrogen and oxygen atoms in total. The van der Waals surface area contributed by atoms with E-state index in [0.717, 1.165) is 50.1 Å². The van der Waals surface area contributed by atoms with Gasteiger partial charge in [-0.15, -0.1) is 0 Å². The minimum absolute atomic E-state index is 0.214. The lowest BCUT2D eigenvalue weighted by Gasteiger charge is -2.35. The number of oxazole rings is 1. The number of amides is 1. The maximum absolute atomic E-state index is 12.5. The van der Waals surface area contributed by atoms with Gasteiger partial charge in [0, 0.05) is 51.6 Å². The SMILES string of the molecule is Cc1ncc(CCN(Cc2ccc(CNC(=O)c3ccncc3Cl)cc2)C2CCCc3cccnc32)o1. The van der Waals surface area contributed by atoms with E-state index in [1.54, 1.807) is 12.3 Å². The van der Waals surface area contributed by atoms with Gasteiger partial charge in [-0.2, -0.15) is 0 Å². The van der Waals surface area contributed by atoms with Crippen LogP contribution in [-0.4, -0.2) is 32.3 Å². The first-order valence-corrected chi connectivity index (χ1v) is 13.0. The van der Waals surface area contributed by atoms with E-state index in [1.807, 2.05) is 25.4 Å². The van der Waals surface area contributed by atoms with Gasteiger partial charge in [-0.1, -0.05) is 41.9 Å². The van der Waals surface area contributed by atoms with Crippen molar-refractivity contribution in [2.75, 3.05) is 6.54 Å². The van der Waals surface area contributed by atoms with E-state index in [0.29, 0.717) is 23.0 Å². The van der Waals surface area contributed by atoms with E-state index in [-0.39, 0.29) is 11.9 Å². The molecule has 4 aromatic rings. The van der Waals surface area contributed by atoms with Gasteiger partial charge >= 0.3 is 0 Å². The van der Waals surface area contributed by atoms with Crippen molar-refractivity contribution < 1.29 is 9.21 Å². The highest BCUT2D eigenvalue weighted by atomic mass is 35.5. The number of benzene rings is 1. The number of carbonyl (C=O) groups excluding carboxylic acids is 1. The Kier molecular flexibility index (Phi) is 7.92. The van der Waals surface area contributed by atoms with Crippen molar-refractivity contribution in [2.24, 2.45) is 0 Å². The number of carbonyl (C=O) groups is 1. The normalized spacial score (nSPS) is 14.9. The molecule has 1 aliphatic rings. The minimum atomic E-state index is -0.214. The van der Waals surface area contributed by atoms with Crippen LogP contribution in [0.2, 0.25) is 5.02 Å². The average molecular weight is 516 g/mol. The van der Waals surface area contributed by atoms with E-state index in [1.165, 1.54) is 23.0 Å². The van der Waals surface area contributed by atoms with Crippen molar-refractivity contribution in [1.29, 1.82) is 0 Å². The van der Waals surface area contributed by atoms with Gasteiger partial charge in [0.15, 0.2) is 5.89 Å². The van der Waals surface area contributed by atoms with Gasteiger partial charge < -0.3 is 9.73 Å². The Bertz CT molecular complexity index is 1350. The highest BCUT2D eigenvalue weighted by Crippen LogP contribution is 2.34. The van der Waals surface area contributed by atoms with Crippen molar-refractivity contribution >= 4 is 17.5 Å². The molecule has 0 aliphatic heterocycles. The van der Waals surface area contributed by atoms with Crippen LogP contribution >= 0.6 is 11.6 Å². The number of fused-ring (bicyclic) bond motifs is 1. The van der Waals surface area contributed by atoms with Gasteiger partial charge in [-0.25, -0.2) is 4.98 Å². The monoisotopic (exact) mass is 515 g/mol. The first kappa shape index (κ1) is 25.1. The van der Waals surface area contributed by atoms with E-state index in [4.69, 9.17) is 21.0 Å². The highest BCUT2D eigenvalue weighted by molar-refractivity contribution is 6.33. The molecule has 1 aliphatic carbocycles. The molecule has 0 saturated carbocycles. The van der Waals surface area contributed by atoms with Gasteiger partial charge in [-0.3, -0.25) is 19.7 Å². The predicted octanol–water partition coefficient (Wildman–Crippen LogP) is 5.48. The molecular formula is C29H30ClN5O2. The second-order valence-corrected chi connectivity index (χ2v) is 9.78. The molecule has 0 bridgehead atoms. The van der Waals surface area contributed by atoms with Crippen molar-refractivity contribution in [3.63, 3.8) is 0 Å². The Morgan fingerprint density at radius 3 is 2.73 bits per heavy atom. The maximum Gasteiger partial charge on any atom is 0.253 e. The Labute approximate surface area is 221 Å². The summed E-state index contributed by atoms with van der Waals surface area (Å²) in [5, 5.41) is 3.28. The van der Waals surface area contributed by atoms with Gasteiger partial charge in [0.05, 0.1) is 28.5 Å². The first-order chi connectivity index (χ1) is 18.1. The van der Waals surface area contributed by atoms with Crippen LogP contribution in [-0.2, 0) is 25.9 Å². The number of pyridine rings is 2. The van der Waals surface area contributed by atoms with Crippen molar-refractivity contribution in [3.05, 3.63) is 112 Å². The number of nitrogens with one attached hydrogen (secondary N) is 1. The third-order valence-corrected chi connectivity index (χ3v) is 7.10. The molecule has 1 N–H and O–H groups in total. The fourth-order valence-electron chi connectivity index (χ4n) is 4.89. The number of rotatable bonds is 9. The van der Waals surface area contributed by atoms with Gasteiger partial charge in [-0.05, 0) is 48.1 Å². The Morgan fingerprint density at radius 2 is 1.95 bits per heavy atom. The van der Waals surface area contributed by atoms with Crippen LogP contribution in [0.5, 0.6) is 0 Å². The third-order valence-electron chi connectivity index (χ3n) is 6.80. The number of hydrogen-bond donors (Lipinski definition) is 1. The molecule has 190 valence electrons. The van der Waals surface area contributed by atoms with Crippen LogP contribution in [0.4, 0.5) is 0 Å².